The average Bonchev–Trinajstić information content (AvgIpc) is 2.27. The second-order valence-corrected chi connectivity index (χ2v) is 5.46. The summed E-state index contributed by atoms with van der Waals surface area (Å²) in [5.41, 5.74) is 1.70. The van der Waals surface area contributed by atoms with Gasteiger partial charge < -0.3 is 0 Å². The van der Waals surface area contributed by atoms with Crippen LogP contribution in [0.25, 0.3) is 5.57 Å². The summed E-state index contributed by atoms with van der Waals surface area (Å²) >= 11 is 9.02. The fourth-order valence-electron chi connectivity index (χ4n) is 1.37. The topological polar surface area (TPSA) is 17.1 Å². The van der Waals surface area contributed by atoms with Crippen molar-refractivity contribution >= 4 is 46.5 Å². The van der Waals surface area contributed by atoms with Crippen molar-refractivity contribution in [3.63, 3.8) is 0 Å². The van der Waals surface area contributed by atoms with Gasteiger partial charge in [0.15, 0.2) is 5.78 Å². The van der Waals surface area contributed by atoms with Crippen LogP contribution in [0, 0.1) is 0 Å². The molecule has 0 unspecified atom stereocenters. The van der Waals surface area contributed by atoms with Gasteiger partial charge in [-0.1, -0.05) is 23.7 Å². The Balaban J connectivity index is 3.27. The number of carbonyl (C=O) groups is 1. The maximum atomic E-state index is 11.7. The molecular weight excluding hydrogens is 260 g/mol. The Morgan fingerprint density at radius 3 is 2.00 bits per heavy atom. The van der Waals surface area contributed by atoms with Gasteiger partial charge in [0.2, 0.25) is 0 Å². The van der Waals surface area contributed by atoms with Crippen LogP contribution in [0.5, 0.6) is 0 Å². The Kier molecular flexibility index (Phi) is 5.46. The van der Waals surface area contributed by atoms with Gasteiger partial charge in [-0.25, -0.2) is 0 Å². The summed E-state index contributed by atoms with van der Waals surface area (Å²) in [6.07, 6.45) is 3.95. The van der Waals surface area contributed by atoms with Gasteiger partial charge in [0.05, 0.1) is 4.24 Å². The monoisotopic (exact) mass is 272 g/mol. The van der Waals surface area contributed by atoms with E-state index in [0.29, 0.717) is 5.02 Å². The fraction of sp³-hybridized carbons (Fsp3) is 0.250. The Labute approximate surface area is 110 Å². The largest absolute Gasteiger partial charge is 0.294 e. The highest BCUT2D eigenvalue weighted by Gasteiger charge is 2.12. The molecule has 0 saturated heterocycles. The number of thioether (sulfide) groups is 2. The van der Waals surface area contributed by atoms with Crippen LogP contribution in [-0.4, -0.2) is 18.3 Å². The van der Waals surface area contributed by atoms with Gasteiger partial charge >= 0.3 is 0 Å². The molecule has 0 fully saturated rings. The molecule has 0 saturated carbocycles. The molecule has 0 aliphatic carbocycles. The molecular formula is C12H13ClOS2. The Morgan fingerprint density at radius 2 is 1.62 bits per heavy atom. The van der Waals surface area contributed by atoms with Crippen LogP contribution < -0.4 is 0 Å². The highest BCUT2D eigenvalue weighted by molar-refractivity contribution is 8.22. The van der Waals surface area contributed by atoms with E-state index in [4.69, 9.17) is 11.6 Å². The minimum atomic E-state index is 0.0843. The number of ketones is 1. The number of hydrogen-bond donors (Lipinski definition) is 0. The molecule has 16 heavy (non-hydrogen) atoms. The molecule has 1 rings (SSSR count). The predicted molar refractivity (Wildman–Crippen MR) is 76.1 cm³/mol. The molecule has 1 aromatic rings. The molecule has 4 heteroatoms. The summed E-state index contributed by atoms with van der Waals surface area (Å²) in [5.74, 6) is 0.0843. The summed E-state index contributed by atoms with van der Waals surface area (Å²) in [6.45, 7) is 1.59. The van der Waals surface area contributed by atoms with Crippen molar-refractivity contribution in [1.82, 2.24) is 0 Å². The summed E-state index contributed by atoms with van der Waals surface area (Å²) in [6, 6.07) is 7.37. The van der Waals surface area contributed by atoms with E-state index in [0.717, 1.165) is 15.4 Å². The first kappa shape index (κ1) is 13.7. The normalized spacial score (nSPS) is 10.0. The first-order chi connectivity index (χ1) is 7.60. The highest BCUT2D eigenvalue weighted by atomic mass is 35.5. The van der Waals surface area contributed by atoms with E-state index in [1.165, 1.54) is 0 Å². The first-order valence-corrected chi connectivity index (χ1v) is 7.52. The molecule has 0 aliphatic heterocycles. The van der Waals surface area contributed by atoms with Gasteiger partial charge in [-0.05, 0) is 37.1 Å². The third kappa shape index (κ3) is 3.30. The molecule has 0 spiro atoms. The summed E-state index contributed by atoms with van der Waals surface area (Å²) in [7, 11) is 0. The zero-order valence-corrected chi connectivity index (χ0v) is 11.8. The van der Waals surface area contributed by atoms with Crippen molar-refractivity contribution in [2.24, 2.45) is 0 Å². The van der Waals surface area contributed by atoms with Gasteiger partial charge in [-0.2, -0.15) is 0 Å². The minimum absolute atomic E-state index is 0.0843. The number of Topliss-reactive ketones (excluding diaryl/α,β-unsaturated/α-hetero) is 1. The highest BCUT2D eigenvalue weighted by Crippen LogP contribution is 2.33. The SMILES string of the molecule is CSC(SC)=C(C(C)=O)c1ccc(Cl)cc1. The molecule has 0 amide bonds. The van der Waals surface area contributed by atoms with Gasteiger partial charge in [-0.3, -0.25) is 4.79 Å². The van der Waals surface area contributed by atoms with Crippen LogP contribution in [0.15, 0.2) is 28.5 Å². The number of benzene rings is 1. The lowest BCUT2D eigenvalue weighted by molar-refractivity contribution is -0.111. The first-order valence-electron chi connectivity index (χ1n) is 4.69. The summed E-state index contributed by atoms with van der Waals surface area (Å²) in [5, 5.41) is 0.682. The zero-order valence-electron chi connectivity index (χ0n) is 9.41. The van der Waals surface area contributed by atoms with E-state index in [9.17, 15) is 4.79 Å². The van der Waals surface area contributed by atoms with Crippen molar-refractivity contribution in [2.75, 3.05) is 12.5 Å². The fourth-order valence-corrected chi connectivity index (χ4v) is 3.09. The van der Waals surface area contributed by atoms with E-state index >= 15 is 0 Å². The molecule has 0 bridgehead atoms. The van der Waals surface area contributed by atoms with E-state index < -0.39 is 0 Å². The van der Waals surface area contributed by atoms with Gasteiger partial charge in [0, 0.05) is 10.6 Å². The molecule has 86 valence electrons. The van der Waals surface area contributed by atoms with E-state index in [1.807, 2.05) is 24.6 Å². The quantitative estimate of drug-likeness (QED) is 0.760. The van der Waals surface area contributed by atoms with Crippen molar-refractivity contribution in [3.05, 3.63) is 39.1 Å². The smallest absolute Gasteiger partial charge is 0.162 e. The van der Waals surface area contributed by atoms with Gasteiger partial charge in [0.1, 0.15) is 0 Å². The second kappa shape index (κ2) is 6.38. The van der Waals surface area contributed by atoms with Crippen molar-refractivity contribution in [3.8, 4) is 0 Å². The van der Waals surface area contributed by atoms with Crippen LogP contribution in [0.2, 0.25) is 5.02 Å². The lowest BCUT2D eigenvalue weighted by atomic mass is 10.0. The molecule has 0 atom stereocenters. The summed E-state index contributed by atoms with van der Waals surface area (Å²) < 4.78 is 1.04. The summed E-state index contributed by atoms with van der Waals surface area (Å²) in [4.78, 5) is 11.7. The van der Waals surface area contributed by atoms with Crippen molar-refractivity contribution in [1.29, 1.82) is 0 Å². The predicted octanol–water partition coefficient (Wildman–Crippen LogP) is 4.32. The van der Waals surface area contributed by atoms with Crippen molar-refractivity contribution < 1.29 is 4.79 Å². The number of rotatable bonds is 4. The Bertz CT molecular complexity index is 404. The third-order valence-corrected chi connectivity index (χ3v) is 4.46. The molecule has 1 nitrogen and oxygen atoms in total. The van der Waals surface area contributed by atoms with Crippen LogP contribution in [0.1, 0.15) is 12.5 Å². The zero-order chi connectivity index (χ0) is 12.1. The van der Waals surface area contributed by atoms with E-state index in [1.54, 1.807) is 42.6 Å². The average molecular weight is 273 g/mol. The maximum absolute atomic E-state index is 11.7. The standard InChI is InChI=1S/C12H13ClOS2/c1-8(14)11(12(15-2)16-3)9-4-6-10(13)7-5-9/h4-7H,1-3H3. The Morgan fingerprint density at radius 1 is 1.12 bits per heavy atom. The lowest BCUT2D eigenvalue weighted by Gasteiger charge is -2.09. The molecule has 0 N–H and O–H groups in total. The van der Waals surface area contributed by atoms with Crippen molar-refractivity contribution in [2.45, 2.75) is 6.92 Å². The van der Waals surface area contributed by atoms with Crippen LogP contribution >= 0.6 is 35.1 Å². The Hall–Kier alpha value is -0.380. The van der Waals surface area contributed by atoms with Crippen LogP contribution in [0.4, 0.5) is 0 Å². The molecule has 0 aliphatic rings. The lowest BCUT2D eigenvalue weighted by Crippen LogP contribution is -1.98. The number of halogens is 1. The molecule has 0 aromatic heterocycles. The third-order valence-electron chi connectivity index (χ3n) is 2.06. The van der Waals surface area contributed by atoms with Gasteiger partial charge in [0.25, 0.3) is 0 Å². The second-order valence-electron chi connectivity index (χ2n) is 3.13. The minimum Gasteiger partial charge on any atom is -0.294 e. The maximum Gasteiger partial charge on any atom is 0.162 e. The van der Waals surface area contributed by atoms with E-state index in [2.05, 4.69) is 0 Å². The number of allylic oxidation sites excluding steroid dienone is 1. The van der Waals surface area contributed by atoms with Crippen LogP contribution in [-0.2, 0) is 4.79 Å². The number of hydrogen-bond acceptors (Lipinski definition) is 3. The number of carbonyl (C=O) groups excluding carboxylic acids is 1. The molecule has 1 aromatic carbocycles. The molecule has 0 heterocycles. The van der Waals surface area contributed by atoms with Crippen LogP contribution in [0.3, 0.4) is 0 Å². The van der Waals surface area contributed by atoms with E-state index in [-0.39, 0.29) is 5.78 Å². The molecule has 0 radical (unpaired) electrons. The van der Waals surface area contributed by atoms with Gasteiger partial charge in [-0.15, -0.1) is 23.5 Å².